The lowest BCUT2D eigenvalue weighted by Gasteiger charge is -2.32. The minimum absolute atomic E-state index is 0.197. The maximum Gasteiger partial charge on any atom is 0.222 e. The fourth-order valence-corrected chi connectivity index (χ4v) is 3.45. The molecule has 4 nitrogen and oxygen atoms in total. The van der Waals surface area contributed by atoms with Crippen molar-refractivity contribution < 1.29 is 0 Å². The Morgan fingerprint density at radius 1 is 1.13 bits per heavy atom. The minimum atomic E-state index is 0.197. The molecule has 2 atom stereocenters. The summed E-state index contributed by atoms with van der Waals surface area (Å²) in [4.78, 5) is 4.38. The van der Waals surface area contributed by atoms with E-state index in [0.717, 1.165) is 16.8 Å². The quantitative estimate of drug-likeness (QED) is 0.724. The molecule has 0 radical (unpaired) electrons. The number of fused-ring (bicyclic) bond motifs is 1. The molecule has 1 aliphatic rings. The molecule has 0 unspecified atom stereocenters. The van der Waals surface area contributed by atoms with Crippen molar-refractivity contribution in [1.82, 2.24) is 14.8 Å². The van der Waals surface area contributed by atoms with Gasteiger partial charge in [0, 0.05) is 4.47 Å². The Morgan fingerprint density at radius 2 is 1.96 bits per heavy atom. The highest BCUT2D eigenvalue weighted by Gasteiger charge is 2.29. The van der Waals surface area contributed by atoms with Crippen molar-refractivity contribution in [2.45, 2.75) is 25.4 Å². The number of nitrogens with zero attached hydrogens (tertiary/aromatic N) is 3. The van der Waals surface area contributed by atoms with Gasteiger partial charge in [0.2, 0.25) is 5.95 Å². The van der Waals surface area contributed by atoms with Gasteiger partial charge in [-0.2, -0.15) is 10.1 Å². The van der Waals surface area contributed by atoms with Crippen LogP contribution >= 0.6 is 15.9 Å². The van der Waals surface area contributed by atoms with Gasteiger partial charge in [-0.1, -0.05) is 57.9 Å². The second-order valence-corrected chi connectivity index (χ2v) is 6.86. The highest BCUT2D eigenvalue weighted by molar-refractivity contribution is 9.10. The predicted molar refractivity (Wildman–Crippen MR) is 94.5 cm³/mol. The molecule has 5 heteroatoms. The standard InChI is InChI=1S/C18H17BrN4/c1-12-3-2-4-14(9-12)17-10-16(13-5-7-15(19)8-6-13)22-18-20-11-21-23(17)18/h2-9,11,16-17H,10H2,1H3,(H,20,21,22)/t16-,17+/m0/s1. The van der Waals surface area contributed by atoms with Gasteiger partial charge in [0.05, 0.1) is 12.1 Å². The second kappa shape index (κ2) is 5.81. The molecule has 116 valence electrons. The third kappa shape index (κ3) is 2.77. The van der Waals surface area contributed by atoms with Gasteiger partial charge in [0.15, 0.2) is 0 Å². The third-order valence-electron chi connectivity index (χ3n) is 4.33. The smallest absolute Gasteiger partial charge is 0.222 e. The van der Waals surface area contributed by atoms with Gasteiger partial charge in [0.1, 0.15) is 6.33 Å². The molecule has 0 spiro atoms. The van der Waals surface area contributed by atoms with Gasteiger partial charge in [-0.25, -0.2) is 4.68 Å². The SMILES string of the molecule is Cc1cccc([C@H]2C[C@@H](c3ccc(Br)cc3)Nc3ncnn32)c1. The molecule has 23 heavy (non-hydrogen) atoms. The van der Waals surface area contributed by atoms with Crippen molar-refractivity contribution in [3.63, 3.8) is 0 Å². The Kier molecular flexibility index (Phi) is 3.65. The highest BCUT2D eigenvalue weighted by atomic mass is 79.9. The van der Waals surface area contributed by atoms with Crippen LogP contribution in [0, 0.1) is 6.92 Å². The first-order valence-corrected chi connectivity index (χ1v) is 8.48. The van der Waals surface area contributed by atoms with Gasteiger partial charge in [-0.15, -0.1) is 0 Å². The topological polar surface area (TPSA) is 42.7 Å². The molecule has 4 rings (SSSR count). The fourth-order valence-electron chi connectivity index (χ4n) is 3.19. The third-order valence-corrected chi connectivity index (χ3v) is 4.86. The van der Waals surface area contributed by atoms with Gasteiger partial charge < -0.3 is 5.32 Å². The van der Waals surface area contributed by atoms with E-state index in [9.17, 15) is 0 Å². The number of anilines is 1. The van der Waals surface area contributed by atoms with Crippen molar-refractivity contribution in [3.8, 4) is 0 Å². The van der Waals surface area contributed by atoms with Crippen LogP contribution in [-0.2, 0) is 0 Å². The largest absolute Gasteiger partial charge is 0.348 e. The number of rotatable bonds is 2. The van der Waals surface area contributed by atoms with E-state index in [-0.39, 0.29) is 12.1 Å². The van der Waals surface area contributed by atoms with Crippen molar-refractivity contribution in [3.05, 3.63) is 76.0 Å². The van der Waals surface area contributed by atoms with E-state index in [1.165, 1.54) is 16.7 Å². The summed E-state index contributed by atoms with van der Waals surface area (Å²) in [7, 11) is 0. The summed E-state index contributed by atoms with van der Waals surface area (Å²) in [6, 6.07) is 17.5. The molecular weight excluding hydrogens is 352 g/mol. The second-order valence-electron chi connectivity index (χ2n) is 5.94. The van der Waals surface area contributed by atoms with Gasteiger partial charge in [-0.3, -0.25) is 0 Å². The molecule has 0 aliphatic carbocycles. The average Bonchev–Trinajstić information content (AvgIpc) is 3.03. The molecule has 0 saturated heterocycles. The van der Waals surface area contributed by atoms with Crippen LogP contribution in [0.25, 0.3) is 0 Å². The van der Waals surface area contributed by atoms with Crippen molar-refractivity contribution >= 4 is 21.9 Å². The van der Waals surface area contributed by atoms with Gasteiger partial charge in [0.25, 0.3) is 0 Å². The van der Waals surface area contributed by atoms with E-state index >= 15 is 0 Å². The zero-order valence-corrected chi connectivity index (χ0v) is 14.4. The lowest BCUT2D eigenvalue weighted by molar-refractivity contribution is 0.430. The Bertz CT molecular complexity index is 825. The van der Waals surface area contributed by atoms with Crippen molar-refractivity contribution in [1.29, 1.82) is 0 Å². The number of hydrogen-bond acceptors (Lipinski definition) is 3. The molecule has 3 aromatic rings. The van der Waals surface area contributed by atoms with E-state index in [1.807, 2.05) is 4.68 Å². The monoisotopic (exact) mass is 368 g/mol. The number of hydrogen-bond donors (Lipinski definition) is 1. The summed E-state index contributed by atoms with van der Waals surface area (Å²) in [5, 5.41) is 7.92. The predicted octanol–water partition coefficient (Wildman–Crippen LogP) is 4.50. The summed E-state index contributed by atoms with van der Waals surface area (Å²) in [5.41, 5.74) is 3.81. The van der Waals surface area contributed by atoms with Crippen LogP contribution in [0.2, 0.25) is 0 Å². The zero-order valence-electron chi connectivity index (χ0n) is 12.8. The first-order valence-electron chi connectivity index (χ1n) is 7.69. The van der Waals surface area contributed by atoms with Crippen LogP contribution < -0.4 is 5.32 Å². The summed E-state index contributed by atoms with van der Waals surface area (Å²) in [6.45, 7) is 2.12. The molecule has 0 fully saturated rings. The lowest BCUT2D eigenvalue weighted by atomic mass is 9.93. The number of nitrogens with one attached hydrogen (secondary N) is 1. The van der Waals surface area contributed by atoms with E-state index in [1.54, 1.807) is 6.33 Å². The van der Waals surface area contributed by atoms with E-state index < -0.39 is 0 Å². The summed E-state index contributed by atoms with van der Waals surface area (Å²) < 4.78 is 3.08. The molecule has 2 heterocycles. The van der Waals surface area contributed by atoms with Crippen molar-refractivity contribution in [2.24, 2.45) is 0 Å². The first kappa shape index (κ1) is 14.5. The van der Waals surface area contributed by atoms with Crippen LogP contribution in [0.1, 0.15) is 35.2 Å². The average molecular weight is 369 g/mol. The van der Waals surface area contributed by atoms with E-state index in [4.69, 9.17) is 0 Å². The van der Waals surface area contributed by atoms with Crippen LogP contribution in [0.3, 0.4) is 0 Å². The molecule has 0 bridgehead atoms. The molecule has 0 amide bonds. The molecular formula is C18H17BrN4. The molecule has 1 N–H and O–H groups in total. The summed E-state index contributed by atoms with van der Waals surface area (Å²) in [5.74, 6) is 0.829. The number of aromatic nitrogens is 3. The van der Waals surface area contributed by atoms with E-state index in [2.05, 4.69) is 86.8 Å². The summed E-state index contributed by atoms with van der Waals surface area (Å²) in [6.07, 6.45) is 2.57. The Labute approximate surface area is 143 Å². The Morgan fingerprint density at radius 3 is 2.74 bits per heavy atom. The molecule has 1 aromatic heterocycles. The zero-order chi connectivity index (χ0) is 15.8. The maximum absolute atomic E-state index is 4.42. The lowest BCUT2D eigenvalue weighted by Crippen LogP contribution is -2.28. The number of aryl methyl sites for hydroxylation is 1. The maximum atomic E-state index is 4.42. The molecule has 1 aliphatic heterocycles. The van der Waals surface area contributed by atoms with Crippen LogP contribution in [0.15, 0.2) is 59.3 Å². The van der Waals surface area contributed by atoms with Gasteiger partial charge in [-0.05, 0) is 36.6 Å². The summed E-state index contributed by atoms with van der Waals surface area (Å²) >= 11 is 3.50. The van der Waals surface area contributed by atoms with Crippen LogP contribution in [0.5, 0.6) is 0 Å². The number of benzene rings is 2. The molecule has 0 saturated carbocycles. The highest BCUT2D eigenvalue weighted by Crippen LogP contribution is 2.37. The Balaban J connectivity index is 1.73. The van der Waals surface area contributed by atoms with Crippen molar-refractivity contribution in [2.75, 3.05) is 5.32 Å². The van der Waals surface area contributed by atoms with Crippen LogP contribution in [0.4, 0.5) is 5.95 Å². The van der Waals surface area contributed by atoms with Crippen LogP contribution in [-0.4, -0.2) is 14.8 Å². The first-order chi connectivity index (χ1) is 11.2. The molecule has 2 aromatic carbocycles. The normalized spacial score (nSPS) is 19.9. The minimum Gasteiger partial charge on any atom is -0.348 e. The Hall–Kier alpha value is -2.14. The fraction of sp³-hybridized carbons (Fsp3) is 0.222. The van der Waals surface area contributed by atoms with E-state index in [0.29, 0.717) is 0 Å². The number of halogens is 1. The van der Waals surface area contributed by atoms with Gasteiger partial charge >= 0.3 is 0 Å².